The minimum atomic E-state index is 0.311. The molecule has 0 aromatic heterocycles. The average molecular weight is 359 g/mol. The van der Waals surface area contributed by atoms with Gasteiger partial charge < -0.3 is 0 Å². The van der Waals surface area contributed by atoms with Gasteiger partial charge in [0.1, 0.15) is 0 Å². The fourth-order valence-electron chi connectivity index (χ4n) is 1.75. The van der Waals surface area contributed by atoms with Gasteiger partial charge in [0.2, 0.25) is 0 Å². The number of benzene rings is 1. The molecule has 0 saturated heterocycles. The Hall–Kier alpha value is -0.681. The van der Waals surface area contributed by atoms with Crippen molar-refractivity contribution >= 4 is 19.4 Å². The molecule has 5 heteroatoms. The maximum absolute atomic E-state index is 5.50. The van der Waals surface area contributed by atoms with Crippen LogP contribution in [0.1, 0.15) is 18.1 Å². The Morgan fingerprint density at radius 1 is 1.00 bits per heavy atom. The zero-order valence-electron chi connectivity index (χ0n) is 13.0. The van der Waals surface area contributed by atoms with E-state index in [9.17, 15) is 0 Å². The zero-order chi connectivity index (χ0) is 15.3. The summed E-state index contributed by atoms with van der Waals surface area (Å²) in [4.78, 5) is 0. The van der Waals surface area contributed by atoms with Crippen molar-refractivity contribution in [2.75, 3.05) is 27.8 Å². The van der Waals surface area contributed by atoms with E-state index in [0.29, 0.717) is 41.8 Å². The summed E-state index contributed by atoms with van der Waals surface area (Å²) >= 11 is 0.366. The fraction of sp³-hybridized carbons (Fsp3) is 0.500. The van der Waals surface area contributed by atoms with Crippen molar-refractivity contribution in [1.29, 1.82) is 0 Å². The third-order valence-electron chi connectivity index (χ3n) is 2.66. The van der Waals surface area contributed by atoms with E-state index < -0.39 is 0 Å². The van der Waals surface area contributed by atoms with Crippen molar-refractivity contribution < 1.29 is 18.9 Å². The van der Waals surface area contributed by atoms with Crippen LogP contribution in [0.15, 0.2) is 30.4 Å². The molecule has 0 fully saturated rings. The molecule has 0 atom stereocenters. The van der Waals surface area contributed by atoms with Crippen LogP contribution in [0.2, 0.25) is 5.32 Å². The number of rotatable bonds is 11. The molecule has 21 heavy (non-hydrogen) atoms. The van der Waals surface area contributed by atoms with E-state index in [2.05, 4.69) is 24.3 Å². The Balaban J connectivity index is 2.79. The summed E-state index contributed by atoms with van der Waals surface area (Å²) in [6.45, 7) is 3.81. The van der Waals surface area contributed by atoms with Gasteiger partial charge in [0.15, 0.2) is 0 Å². The number of hydrogen-bond donors (Lipinski definition) is 0. The molecule has 0 aliphatic rings. The second-order valence-corrected chi connectivity index (χ2v) is 6.46. The van der Waals surface area contributed by atoms with Crippen LogP contribution in [-0.2, 0) is 32.2 Å². The van der Waals surface area contributed by atoms with E-state index in [0.717, 1.165) is 5.32 Å². The molecule has 4 nitrogen and oxygen atoms in total. The van der Waals surface area contributed by atoms with E-state index in [-0.39, 0.29) is 0 Å². The topological polar surface area (TPSA) is 36.9 Å². The van der Waals surface area contributed by atoms with Crippen LogP contribution in [0.4, 0.5) is 0 Å². The molecule has 1 aromatic rings. The van der Waals surface area contributed by atoms with Gasteiger partial charge in [-0.3, -0.25) is 0 Å². The molecule has 0 aliphatic heterocycles. The van der Waals surface area contributed by atoms with Crippen LogP contribution < -0.4 is 4.46 Å². The van der Waals surface area contributed by atoms with E-state index in [1.807, 2.05) is 13.0 Å². The van der Waals surface area contributed by atoms with Crippen LogP contribution in [-0.4, -0.2) is 42.8 Å². The summed E-state index contributed by atoms with van der Waals surface area (Å²) in [5.41, 5.74) is 2.44. The van der Waals surface area contributed by atoms with E-state index in [4.69, 9.17) is 18.9 Å². The first kappa shape index (κ1) is 18.4. The SMILES string of the molecule is C/C=C/C[Se]c1c(COCOC)cccc1COCOC. The van der Waals surface area contributed by atoms with Gasteiger partial charge in [0.25, 0.3) is 0 Å². The van der Waals surface area contributed by atoms with E-state index in [1.54, 1.807) is 14.2 Å². The van der Waals surface area contributed by atoms with Crippen LogP contribution in [0.25, 0.3) is 0 Å². The second-order valence-electron chi connectivity index (χ2n) is 4.30. The molecule has 0 amide bonds. The summed E-state index contributed by atoms with van der Waals surface area (Å²) in [5.74, 6) is 0. The van der Waals surface area contributed by atoms with Crippen LogP contribution in [0.3, 0.4) is 0 Å². The Kier molecular flexibility index (Phi) is 10.4. The Morgan fingerprint density at radius 3 is 2.05 bits per heavy atom. The van der Waals surface area contributed by atoms with E-state index in [1.165, 1.54) is 15.6 Å². The molecule has 0 spiro atoms. The van der Waals surface area contributed by atoms with Gasteiger partial charge in [-0.05, 0) is 0 Å². The summed E-state index contributed by atoms with van der Waals surface area (Å²) in [6.07, 6.45) is 4.29. The molecule has 0 heterocycles. The first-order chi connectivity index (χ1) is 10.3. The van der Waals surface area contributed by atoms with Crippen LogP contribution in [0, 0.1) is 0 Å². The molecular formula is C16H24O4Se. The summed E-state index contributed by atoms with van der Waals surface area (Å²) in [6, 6.07) is 6.27. The van der Waals surface area contributed by atoms with Crippen LogP contribution in [0.5, 0.6) is 0 Å². The third-order valence-corrected chi connectivity index (χ3v) is 5.11. The molecule has 0 N–H and O–H groups in total. The quantitative estimate of drug-likeness (QED) is 0.263. The molecule has 0 saturated carbocycles. The number of methoxy groups -OCH3 is 2. The minimum absolute atomic E-state index is 0.311. The van der Waals surface area contributed by atoms with Gasteiger partial charge >= 0.3 is 133 Å². The Bertz CT molecular complexity index is 392. The van der Waals surface area contributed by atoms with E-state index >= 15 is 0 Å². The number of ether oxygens (including phenoxy) is 4. The average Bonchev–Trinajstić information content (AvgIpc) is 2.50. The molecule has 1 aromatic carbocycles. The van der Waals surface area contributed by atoms with Crippen molar-refractivity contribution in [1.82, 2.24) is 0 Å². The van der Waals surface area contributed by atoms with Crippen molar-refractivity contribution in [2.24, 2.45) is 0 Å². The van der Waals surface area contributed by atoms with Gasteiger partial charge in [0, 0.05) is 0 Å². The predicted octanol–water partition coefficient (Wildman–Crippen LogP) is 2.25. The summed E-state index contributed by atoms with van der Waals surface area (Å²) in [7, 11) is 3.26. The zero-order valence-corrected chi connectivity index (χ0v) is 14.7. The number of hydrogen-bond acceptors (Lipinski definition) is 4. The Labute approximate surface area is 133 Å². The number of allylic oxidation sites excluding steroid dienone is 2. The van der Waals surface area contributed by atoms with Crippen molar-refractivity contribution in [3.63, 3.8) is 0 Å². The molecule has 0 radical (unpaired) electrons. The molecule has 0 bridgehead atoms. The normalized spacial score (nSPS) is 11.4. The van der Waals surface area contributed by atoms with Gasteiger partial charge in [-0.2, -0.15) is 0 Å². The standard InChI is InChI=1S/C16H24O4Se/c1-4-5-9-21-16-14(10-19-12-17-2)7-6-8-15(16)11-20-13-18-3/h4-8H,9-13H2,1-3H3/b5-4+. The molecule has 118 valence electrons. The maximum atomic E-state index is 5.50. The molecule has 0 unspecified atom stereocenters. The van der Waals surface area contributed by atoms with Gasteiger partial charge in [-0.15, -0.1) is 0 Å². The second kappa shape index (κ2) is 11.9. The molecule has 1 rings (SSSR count). The molecule has 0 aliphatic carbocycles. The van der Waals surface area contributed by atoms with Crippen LogP contribution >= 0.6 is 0 Å². The van der Waals surface area contributed by atoms with Crippen molar-refractivity contribution in [3.05, 3.63) is 41.5 Å². The predicted molar refractivity (Wildman–Crippen MR) is 84.8 cm³/mol. The van der Waals surface area contributed by atoms with Crippen molar-refractivity contribution in [3.8, 4) is 0 Å². The summed E-state index contributed by atoms with van der Waals surface area (Å²) in [5, 5.41) is 1.07. The summed E-state index contributed by atoms with van der Waals surface area (Å²) < 4.78 is 22.2. The van der Waals surface area contributed by atoms with Crippen molar-refractivity contribution in [2.45, 2.75) is 25.5 Å². The Morgan fingerprint density at radius 2 is 1.57 bits per heavy atom. The molecular weight excluding hydrogens is 335 g/mol. The van der Waals surface area contributed by atoms with Gasteiger partial charge in [-0.25, -0.2) is 0 Å². The first-order valence-corrected chi connectivity index (χ1v) is 8.88. The monoisotopic (exact) mass is 360 g/mol. The first-order valence-electron chi connectivity index (χ1n) is 6.81. The third kappa shape index (κ3) is 7.23. The fourth-order valence-corrected chi connectivity index (χ4v) is 4.01. The van der Waals surface area contributed by atoms with Gasteiger partial charge in [-0.1, -0.05) is 0 Å². The van der Waals surface area contributed by atoms with Gasteiger partial charge in [0.05, 0.1) is 0 Å².